The van der Waals surface area contributed by atoms with Gasteiger partial charge in [-0.3, -0.25) is 9.59 Å². The van der Waals surface area contributed by atoms with E-state index in [1.54, 1.807) is 0 Å². The standard InChI is InChI=1S/C19H26O7S/c1-4-27-19-18(25-13(3)21)17(24-12(2)20)16(22)15(26-19)11-23-10-14-8-6-5-7-9-14/h5-9,15-19,22H,4,10-11H2,1-3H3/t15-,16+,17+,18-,19+/m1/s1. The van der Waals surface area contributed by atoms with E-state index in [1.165, 1.54) is 25.6 Å². The highest BCUT2D eigenvalue weighted by Gasteiger charge is 2.49. The van der Waals surface area contributed by atoms with E-state index in [0.29, 0.717) is 12.4 Å². The molecule has 1 aromatic rings. The quantitative estimate of drug-likeness (QED) is 0.664. The fourth-order valence-electron chi connectivity index (χ4n) is 2.84. The summed E-state index contributed by atoms with van der Waals surface area (Å²) in [6, 6.07) is 9.62. The molecule has 0 bridgehead atoms. The van der Waals surface area contributed by atoms with Gasteiger partial charge in [0.2, 0.25) is 0 Å². The first-order chi connectivity index (χ1) is 12.9. The molecule has 0 spiro atoms. The van der Waals surface area contributed by atoms with Gasteiger partial charge in [0, 0.05) is 13.8 Å². The Morgan fingerprint density at radius 3 is 2.33 bits per heavy atom. The van der Waals surface area contributed by atoms with Crippen LogP contribution in [0.3, 0.4) is 0 Å². The molecule has 1 aliphatic heterocycles. The van der Waals surface area contributed by atoms with Crippen LogP contribution in [0.5, 0.6) is 0 Å². The summed E-state index contributed by atoms with van der Waals surface area (Å²) in [7, 11) is 0. The normalized spacial score (nSPS) is 27.8. The lowest BCUT2D eigenvalue weighted by molar-refractivity contribution is -0.231. The molecule has 27 heavy (non-hydrogen) atoms. The van der Waals surface area contributed by atoms with Gasteiger partial charge in [-0.15, -0.1) is 11.8 Å². The van der Waals surface area contributed by atoms with Gasteiger partial charge in [-0.25, -0.2) is 0 Å². The van der Waals surface area contributed by atoms with Crippen molar-refractivity contribution >= 4 is 23.7 Å². The molecule has 8 heteroatoms. The minimum absolute atomic E-state index is 0.112. The molecule has 0 amide bonds. The predicted molar refractivity (Wildman–Crippen MR) is 100 cm³/mol. The van der Waals surface area contributed by atoms with Crippen molar-refractivity contribution in [2.45, 2.75) is 57.2 Å². The zero-order valence-corrected chi connectivity index (χ0v) is 16.5. The minimum Gasteiger partial charge on any atom is -0.456 e. The first-order valence-corrected chi connectivity index (χ1v) is 9.88. The molecule has 0 radical (unpaired) electrons. The lowest BCUT2D eigenvalue weighted by Crippen LogP contribution is -2.60. The summed E-state index contributed by atoms with van der Waals surface area (Å²) in [4.78, 5) is 23.0. The summed E-state index contributed by atoms with van der Waals surface area (Å²) in [5, 5.41) is 10.7. The van der Waals surface area contributed by atoms with Crippen LogP contribution in [-0.2, 0) is 35.1 Å². The number of esters is 2. The molecule has 0 unspecified atom stereocenters. The Bertz CT molecular complexity index is 609. The van der Waals surface area contributed by atoms with Crippen molar-refractivity contribution < 1.29 is 33.6 Å². The second-order valence-electron chi connectivity index (χ2n) is 6.14. The van der Waals surface area contributed by atoms with Gasteiger partial charge in [0.05, 0.1) is 13.2 Å². The first-order valence-electron chi connectivity index (χ1n) is 8.83. The molecule has 0 aromatic heterocycles. The first kappa shape index (κ1) is 21.7. The topological polar surface area (TPSA) is 91.3 Å². The number of carbonyl (C=O) groups is 2. The molecule has 1 aliphatic rings. The van der Waals surface area contributed by atoms with Crippen molar-refractivity contribution in [2.75, 3.05) is 12.4 Å². The molecule has 1 N–H and O–H groups in total. The van der Waals surface area contributed by atoms with Gasteiger partial charge in [-0.1, -0.05) is 37.3 Å². The maximum atomic E-state index is 11.5. The Labute approximate surface area is 163 Å². The van der Waals surface area contributed by atoms with Crippen LogP contribution in [0.15, 0.2) is 30.3 Å². The van der Waals surface area contributed by atoms with Gasteiger partial charge in [0.25, 0.3) is 0 Å². The highest BCUT2D eigenvalue weighted by molar-refractivity contribution is 7.99. The maximum Gasteiger partial charge on any atom is 0.303 e. The number of aliphatic hydroxyl groups excluding tert-OH is 1. The number of thioether (sulfide) groups is 1. The van der Waals surface area contributed by atoms with Crippen molar-refractivity contribution in [3.63, 3.8) is 0 Å². The van der Waals surface area contributed by atoms with Gasteiger partial charge in [-0.05, 0) is 11.3 Å². The van der Waals surface area contributed by atoms with Crippen LogP contribution in [0.25, 0.3) is 0 Å². The Balaban J connectivity index is 2.08. The smallest absolute Gasteiger partial charge is 0.303 e. The monoisotopic (exact) mass is 398 g/mol. The summed E-state index contributed by atoms with van der Waals surface area (Å²) in [6.45, 7) is 4.92. The van der Waals surface area contributed by atoms with Gasteiger partial charge in [0.1, 0.15) is 17.6 Å². The van der Waals surface area contributed by atoms with E-state index >= 15 is 0 Å². The molecule has 0 saturated carbocycles. The average molecular weight is 398 g/mol. The highest BCUT2D eigenvalue weighted by Crippen LogP contribution is 2.32. The number of carbonyl (C=O) groups excluding carboxylic acids is 2. The Kier molecular flexibility index (Phi) is 8.56. The summed E-state index contributed by atoms with van der Waals surface area (Å²) in [6.07, 6.45) is -3.80. The molecule has 1 heterocycles. The molecule has 150 valence electrons. The van der Waals surface area contributed by atoms with Crippen LogP contribution < -0.4 is 0 Å². The minimum atomic E-state index is -1.18. The van der Waals surface area contributed by atoms with E-state index in [4.69, 9.17) is 18.9 Å². The van der Waals surface area contributed by atoms with Crippen molar-refractivity contribution in [1.82, 2.24) is 0 Å². The second-order valence-corrected chi connectivity index (χ2v) is 7.51. The molecular formula is C19H26O7S. The van der Waals surface area contributed by atoms with Crippen LogP contribution in [0.4, 0.5) is 0 Å². The highest BCUT2D eigenvalue weighted by atomic mass is 32.2. The maximum absolute atomic E-state index is 11.5. The van der Waals surface area contributed by atoms with Crippen LogP contribution in [0, 0.1) is 0 Å². The van der Waals surface area contributed by atoms with E-state index in [-0.39, 0.29) is 6.61 Å². The van der Waals surface area contributed by atoms with Crippen molar-refractivity contribution in [1.29, 1.82) is 0 Å². The molecule has 5 atom stereocenters. The van der Waals surface area contributed by atoms with E-state index in [0.717, 1.165) is 5.56 Å². The third kappa shape index (κ3) is 6.49. The lowest BCUT2D eigenvalue weighted by Gasteiger charge is -2.43. The van der Waals surface area contributed by atoms with Crippen LogP contribution >= 0.6 is 11.8 Å². The van der Waals surface area contributed by atoms with Crippen LogP contribution in [-0.4, -0.2) is 59.3 Å². The summed E-state index contributed by atoms with van der Waals surface area (Å²) >= 11 is 1.41. The Morgan fingerprint density at radius 2 is 1.74 bits per heavy atom. The van der Waals surface area contributed by atoms with E-state index in [1.807, 2.05) is 37.3 Å². The third-order valence-corrected chi connectivity index (χ3v) is 4.99. The number of rotatable bonds is 8. The van der Waals surface area contributed by atoms with Gasteiger partial charge < -0.3 is 24.1 Å². The third-order valence-electron chi connectivity index (χ3n) is 3.95. The van der Waals surface area contributed by atoms with Gasteiger partial charge in [0.15, 0.2) is 12.2 Å². The van der Waals surface area contributed by atoms with Crippen molar-refractivity contribution in [3.05, 3.63) is 35.9 Å². The van der Waals surface area contributed by atoms with E-state index in [2.05, 4.69) is 0 Å². The summed E-state index contributed by atoms with van der Waals surface area (Å²) < 4.78 is 22.2. The van der Waals surface area contributed by atoms with Gasteiger partial charge >= 0.3 is 11.9 Å². The number of ether oxygens (including phenoxy) is 4. The summed E-state index contributed by atoms with van der Waals surface area (Å²) in [5.41, 5.74) is 0.425. The fraction of sp³-hybridized carbons (Fsp3) is 0.579. The lowest BCUT2D eigenvalue weighted by atomic mass is 9.99. The SMILES string of the molecule is CCS[C@@H]1O[C@H](COCc2ccccc2)[C@H](O)[C@H](OC(C)=O)[C@H]1OC(C)=O. The molecule has 0 aliphatic carbocycles. The van der Waals surface area contributed by atoms with Crippen molar-refractivity contribution in [2.24, 2.45) is 0 Å². The van der Waals surface area contributed by atoms with Crippen molar-refractivity contribution in [3.8, 4) is 0 Å². The molecule has 1 aromatic carbocycles. The molecular weight excluding hydrogens is 372 g/mol. The van der Waals surface area contributed by atoms with Crippen LogP contribution in [0.2, 0.25) is 0 Å². The average Bonchev–Trinajstić information content (AvgIpc) is 2.62. The molecule has 2 rings (SSSR count). The number of hydrogen-bond acceptors (Lipinski definition) is 8. The second kappa shape index (κ2) is 10.7. The van der Waals surface area contributed by atoms with Gasteiger partial charge in [-0.2, -0.15) is 0 Å². The Hall–Kier alpha value is -1.61. The molecule has 1 fully saturated rings. The largest absolute Gasteiger partial charge is 0.456 e. The number of hydrogen-bond donors (Lipinski definition) is 1. The molecule has 1 saturated heterocycles. The van der Waals surface area contributed by atoms with E-state index < -0.39 is 41.8 Å². The number of benzene rings is 1. The predicted octanol–water partition coefficient (Wildman–Crippen LogP) is 1.91. The summed E-state index contributed by atoms with van der Waals surface area (Å²) in [5.74, 6) is -0.404. The van der Waals surface area contributed by atoms with Crippen LogP contribution in [0.1, 0.15) is 26.3 Å². The number of aliphatic hydroxyl groups is 1. The Morgan fingerprint density at radius 1 is 1.11 bits per heavy atom. The molecule has 7 nitrogen and oxygen atoms in total. The zero-order chi connectivity index (χ0) is 19.8. The zero-order valence-electron chi connectivity index (χ0n) is 15.7. The fourth-order valence-corrected chi connectivity index (χ4v) is 3.79. The van der Waals surface area contributed by atoms with E-state index in [9.17, 15) is 14.7 Å².